The maximum absolute atomic E-state index is 5.60. The minimum absolute atomic E-state index is 0.438. The van der Waals surface area contributed by atoms with Crippen LogP contribution in [0.2, 0.25) is 0 Å². The summed E-state index contributed by atoms with van der Waals surface area (Å²) >= 11 is 8.50. The van der Waals surface area contributed by atoms with E-state index in [-0.39, 0.29) is 0 Å². The lowest BCUT2D eigenvalue weighted by atomic mass is 10.1. The van der Waals surface area contributed by atoms with Gasteiger partial charge >= 0.3 is 0 Å². The molecule has 0 unspecified atom stereocenters. The number of benzene rings is 1. The molecule has 0 bridgehead atoms. The molecule has 17 heavy (non-hydrogen) atoms. The molecule has 1 aliphatic rings. The highest BCUT2D eigenvalue weighted by Crippen LogP contribution is 2.27. The molecule has 0 atom stereocenters. The summed E-state index contributed by atoms with van der Waals surface area (Å²) in [7, 11) is 0. The molecule has 3 N–H and O–H groups in total. The van der Waals surface area contributed by atoms with E-state index in [4.69, 9.17) is 18.0 Å². The minimum atomic E-state index is 0.438. The van der Waals surface area contributed by atoms with Crippen molar-refractivity contribution in [2.24, 2.45) is 11.7 Å². The molecule has 0 saturated heterocycles. The summed E-state index contributed by atoms with van der Waals surface area (Å²) in [6.07, 6.45) is 5.48. The zero-order valence-corrected chi connectivity index (χ0v) is 12.1. The number of anilines is 1. The van der Waals surface area contributed by atoms with Crippen molar-refractivity contribution in [3.05, 3.63) is 28.2 Å². The Bertz CT molecular complexity index is 414. The van der Waals surface area contributed by atoms with Gasteiger partial charge in [0, 0.05) is 22.3 Å². The molecule has 0 radical (unpaired) electrons. The second-order valence-electron chi connectivity index (χ2n) is 4.59. The number of halogens is 1. The Labute approximate surface area is 116 Å². The van der Waals surface area contributed by atoms with Crippen LogP contribution in [-0.2, 0) is 0 Å². The van der Waals surface area contributed by atoms with Crippen molar-refractivity contribution >= 4 is 38.8 Å². The second kappa shape index (κ2) is 5.83. The lowest BCUT2D eigenvalue weighted by Gasteiger charge is -2.13. The van der Waals surface area contributed by atoms with E-state index >= 15 is 0 Å². The van der Waals surface area contributed by atoms with Gasteiger partial charge in [0.25, 0.3) is 0 Å². The highest BCUT2D eigenvalue weighted by atomic mass is 79.9. The van der Waals surface area contributed by atoms with Crippen molar-refractivity contribution < 1.29 is 0 Å². The predicted molar refractivity (Wildman–Crippen MR) is 80.5 cm³/mol. The van der Waals surface area contributed by atoms with Crippen LogP contribution in [0, 0.1) is 5.92 Å². The average molecular weight is 313 g/mol. The highest BCUT2D eigenvalue weighted by Gasteiger charge is 2.14. The summed E-state index contributed by atoms with van der Waals surface area (Å²) in [6.45, 7) is 1.06. The van der Waals surface area contributed by atoms with Crippen molar-refractivity contribution in [3.8, 4) is 0 Å². The quantitative estimate of drug-likeness (QED) is 0.833. The Morgan fingerprint density at radius 2 is 2.12 bits per heavy atom. The molecule has 1 fully saturated rings. The summed E-state index contributed by atoms with van der Waals surface area (Å²) in [6, 6.07) is 5.97. The molecule has 1 aromatic rings. The van der Waals surface area contributed by atoms with Crippen LogP contribution in [0.4, 0.5) is 5.69 Å². The number of hydrogen-bond donors (Lipinski definition) is 2. The van der Waals surface area contributed by atoms with Gasteiger partial charge < -0.3 is 11.1 Å². The van der Waals surface area contributed by atoms with Crippen molar-refractivity contribution in [2.75, 3.05) is 11.9 Å². The average Bonchev–Trinajstić information content (AvgIpc) is 2.80. The van der Waals surface area contributed by atoms with Crippen LogP contribution >= 0.6 is 28.1 Å². The van der Waals surface area contributed by atoms with Crippen LogP contribution in [-0.4, -0.2) is 11.5 Å². The van der Waals surface area contributed by atoms with Crippen molar-refractivity contribution in [1.82, 2.24) is 0 Å². The van der Waals surface area contributed by atoms with E-state index in [0.717, 1.165) is 28.2 Å². The Balaban J connectivity index is 1.98. The van der Waals surface area contributed by atoms with Crippen LogP contribution in [0.1, 0.15) is 31.2 Å². The van der Waals surface area contributed by atoms with E-state index in [0.29, 0.717) is 4.99 Å². The smallest absolute Gasteiger partial charge is 0.104 e. The second-order valence-corrected chi connectivity index (χ2v) is 5.88. The first-order valence-corrected chi connectivity index (χ1v) is 7.20. The zero-order valence-electron chi connectivity index (χ0n) is 9.71. The summed E-state index contributed by atoms with van der Waals surface area (Å²) < 4.78 is 1.03. The van der Waals surface area contributed by atoms with Gasteiger partial charge in [0.15, 0.2) is 0 Å². The van der Waals surface area contributed by atoms with Gasteiger partial charge in [-0.2, -0.15) is 0 Å². The number of hydrogen-bond acceptors (Lipinski definition) is 2. The molecular weight excluding hydrogens is 296 g/mol. The number of rotatable bonds is 4. The monoisotopic (exact) mass is 312 g/mol. The summed E-state index contributed by atoms with van der Waals surface area (Å²) in [5.41, 5.74) is 7.62. The van der Waals surface area contributed by atoms with Gasteiger partial charge in [-0.05, 0) is 52.9 Å². The SMILES string of the molecule is NC(=S)c1ccc(NCC2CCCC2)c(Br)c1. The van der Waals surface area contributed by atoms with E-state index in [2.05, 4.69) is 21.2 Å². The third kappa shape index (κ3) is 3.42. The van der Waals surface area contributed by atoms with Crippen LogP contribution < -0.4 is 11.1 Å². The molecule has 0 aliphatic heterocycles. The van der Waals surface area contributed by atoms with E-state index in [9.17, 15) is 0 Å². The molecule has 2 nitrogen and oxygen atoms in total. The molecule has 0 heterocycles. The molecule has 0 amide bonds. The summed E-state index contributed by atoms with van der Waals surface area (Å²) in [5, 5.41) is 3.49. The number of thiocarbonyl (C=S) groups is 1. The Morgan fingerprint density at radius 3 is 2.71 bits per heavy atom. The Hall–Kier alpha value is -0.610. The molecule has 1 aromatic carbocycles. The molecule has 0 aromatic heterocycles. The number of nitrogens with one attached hydrogen (secondary N) is 1. The Morgan fingerprint density at radius 1 is 1.41 bits per heavy atom. The highest BCUT2D eigenvalue weighted by molar-refractivity contribution is 9.10. The largest absolute Gasteiger partial charge is 0.389 e. The van der Waals surface area contributed by atoms with Gasteiger partial charge in [-0.25, -0.2) is 0 Å². The van der Waals surface area contributed by atoms with E-state index < -0.39 is 0 Å². The van der Waals surface area contributed by atoms with Crippen LogP contribution in [0.25, 0.3) is 0 Å². The zero-order chi connectivity index (χ0) is 12.3. The lowest BCUT2D eigenvalue weighted by Crippen LogP contribution is -2.12. The molecule has 2 rings (SSSR count). The van der Waals surface area contributed by atoms with Gasteiger partial charge in [0.2, 0.25) is 0 Å². The topological polar surface area (TPSA) is 38.0 Å². The van der Waals surface area contributed by atoms with E-state index in [1.165, 1.54) is 25.7 Å². The minimum Gasteiger partial charge on any atom is -0.389 e. The van der Waals surface area contributed by atoms with Gasteiger partial charge in [0.1, 0.15) is 4.99 Å². The third-order valence-electron chi connectivity index (χ3n) is 3.31. The van der Waals surface area contributed by atoms with Crippen molar-refractivity contribution in [1.29, 1.82) is 0 Å². The Kier molecular flexibility index (Phi) is 4.40. The fourth-order valence-electron chi connectivity index (χ4n) is 2.28. The maximum Gasteiger partial charge on any atom is 0.104 e. The van der Waals surface area contributed by atoms with E-state index in [1.54, 1.807) is 0 Å². The fraction of sp³-hybridized carbons (Fsp3) is 0.462. The summed E-state index contributed by atoms with van der Waals surface area (Å²) in [5.74, 6) is 0.831. The molecule has 92 valence electrons. The third-order valence-corrected chi connectivity index (χ3v) is 4.20. The van der Waals surface area contributed by atoms with Crippen LogP contribution in [0.15, 0.2) is 22.7 Å². The van der Waals surface area contributed by atoms with Crippen LogP contribution in [0.5, 0.6) is 0 Å². The molecule has 4 heteroatoms. The molecule has 1 saturated carbocycles. The summed E-state index contributed by atoms with van der Waals surface area (Å²) in [4.78, 5) is 0.438. The number of nitrogens with two attached hydrogens (primary N) is 1. The van der Waals surface area contributed by atoms with Gasteiger partial charge in [-0.3, -0.25) is 0 Å². The van der Waals surface area contributed by atoms with Gasteiger partial charge in [-0.1, -0.05) is 25.1 Å². The molecule has 0 spiro atoms. The first-order valence-electron chi connectivity index (χ1n) is 6.00. The van der Waals surface area contributed by atoms with Crippen LogP contribution in [0.3, 0.4) is 0 Å². The van der Waals surface area contributed by atoms with Gasteiger partial charge in [0.05, 0.1) is 0 Å². The van der Waals surface area contributed by atoms with Crippen molar-refractivity contribution in [3.63, 3.8) is 0 Å². The predicted octanol–water partition coefficient (Wildman–Crippen LogP) is 3.69. The lowest BCUT2D eigenvalue weighted by molar-refractivity contribution is 0.580. The van der Waals surface area contributed by atoms with E-state index in [1.807, 2.05) is 18.2 Å². The maximum atomic E-state index is 5.60. The molecule has 1 aliphatic carbocycles. The first kappa shape index (κ1) is 12.8. The first-order chi connectivity index (χ1) is 8.16. The normalized spacial score (nSPS) is 16.1. The molecular formula is C13H17BrN2S. The standard InChI is InChI=1S/C13H17BrN2S/c14-11-7-10(13(15)17)5-6-12(11)16-8-9-3-1-2-4-9/h5-7,9,16H,1-4,8H2,(H2,15,17). The van der Waals surface area contributed by atoms with Crippen molar-refractivity contribution in [2.45, 2.75) is 25.7 Å². The van der Waals surface area contributed by atoms with Gasteiger partial charge in [-0.15, -0.1) is 0 Å². The fourth-order valence-corrected chi connectivity index (χ4v) is 2.93.